The zero-order chi connectivity index (χ0) is 13.8. The summed E-state index contributed by atoms with van der Waals surface area (Å²) in [7, 11) is 1.82. The van der Waals surface area contributed by atoms with E-state index in [1.807, 2.05) is 19.2 Å². The minimum atomic E-state index is -0.0945. The fourth-order valence-electron chi connectivity index (χ4n) is 2.16. The quantitative estimate of drug-likeness (QED) is 0.819. The van der Waals surface area contributed by atoms with Crippen LogP contribution in [0.15, 0.2) is 16.9 Å². The molecule has 0 bridgehead atoms. The molecule has 6 nitrogen and oxygen atoms in total. The minimum absolute atomic E-state index is 0.0945. The number of H-pyrrole nitrogens is 1. The number of nitrogens with zero attached hydrogens (tertiary/aromatic N) is 3. The molecule has 0 atom stereocenters. The molecule has 19 heavy (non-hydrogen) atoms. The number of hydrogen-bond acceptors (Lipinski definition) is 4. The SMILES string of the molecule is CCN(CC)CCn1c(=O)[nH]c2ccc(NC)nc21. The number of pyridine rings is 1. The first-order chi connectivity index (χ1) is 9.19. The van der Waals surface area contributed by atoms with E-state index in [9.17, 15) is 4.79 Å². The lowest BCUT2D eigenvalue weighted by Crippen LogP contribution is -2.30. The molecule has 2 rings (SSSR count). The summed E-state index contributed by atoms with van der Waals surface area (Å²) in [6.45, 7) is 7.73. The smallest absolute Gasteiger partial charge is 0.327 e. The molecule has 104 valence electrons. The molecule has 0 amide bonds. The van der Waals surface area contributed by atoms with E-state index in [0.717, 1.165) is 31.0 Å². The second-order valence-corrected chi connectivity index (χ2v) is 4.43. The van der Waals surface area contributed by atoms with Gasteiger partial charge in [-0.3, -0.25) is 4.57 Å². The number of aromatic amines is 1. The van der Waals surface area contributed by atoms with Crippen LogP contribution in [0.3, 0.4) is 0 Å². The van der Waals surface area contributed by atoms with Gasteiger partial charge in [-0.2, -0.15) is 0 Å². The number of likely N-dealkylation sites (N-methyl/N-ethyl adjacent to an activating group) is 1. The van der Waals surface area contributed by atoms with Crippen LogP contribution in [0.2, 0.25) is 0 Å². The van der Waals surface area contributed by atoms with Crippen LogP contribution in [0.4, 0.5) is 5.82 Å². The normalized spacial score (nSPS) is 11.4. The predicted molar refractivity (Wildman–Crippen MR) is 77.7 cm³/mol. The molecule has 6 heteroatoms. The van der Waals surface area contributed by atoms with Crippen molar-refractivity contribution in [2.75, 3.05) is 32.0 Å². The van der Waals surface area contributed by atoms with Crippen molar-refractivity contribution in [1.82, 2.24) is 19.4 Å². The number of hydrogen-bond donors (Lipinski definition) is 2. The van der Waals surface area contributed by atoms with Gasteiger partial charge in [0.2, 0.25) is 0 Å². The molecule has 2 aromatic heterocycles. The van der Waals surface area contributed by atoms with E-state index in [1.54, 1.807) is 4.57 Å². The van der Waals surface area contributed by atoms with Crippen molar-refractivity contribution in [1.29, 1.82) is 0 Å². The number of anilines is 1. The van der Waals surface area contributed by atoms with Crippen LogP contribution in [0.1, 0.15) is 13.8 Å². The fraction of sp³-hybridized carbons (Fsp3) is 0.538. The van der Waals surface area contributed by atoms with Crippen molar-refractivity contribution in [3.8, 4) is 0 Å². The minimum Gasteiger partial charge on any atom is -0.373 e. The van der Waals surface area contributed by atoms with Crippen molar-refractivity contribution < 1.29 is 0 Å². The summed E-state index contributed by atoms with van der Waals surface area (Å²) < 4.78 is 1.70. The van der Waals surface area contributed by atoms with Gasteiger partial charge in [0.1, 0.15) is 5.82 Å². The molecule has 0 unspecified atom stereocenters. The lowest BCUT2D eigenvalue weighted by atomic mass is 10.4. The fourth-order valence-corrected chi connectivity index (χ4v) is 2.16. The lowest BCUT2D eigenvalue weighted by molar-refractivity contribution is 0.290. The van der Waals surface area contributed by atoms with Gasteiger partial charge >= 0.3 is 5.69 Å². The highest BCUT2D eigenvalue weighted by molar-refractivity contribution is 5.72. The number of rotatable bonds is 6. The summed E-state index contributed by atoms with van der Waals surface area (Å²) >= 11 is 0. The summed E-state index contributed by atoms with van der Waals surface area (Å²) in [5.41, 5.74) is 1.40. The molecule has 2 aromatic rings. The Labute approximate surface area is 112 Å². The molecule has 0 saturated heterocycles. The van der Waals surface area contributed by atoms with E-state index in [4.69, 9.17) is 0 Å². The third-order valence-corrected chi connectivity index (χ3v) is 3.41. The van der Waals surface area contributed by atoms with Crippen LogP contribution in [-0.2, 0) is 6.54 Å². The average molecular weight is 263 g/mol. The monoisotopic (exact) mass is 263 g/mol. The number of imidazole rings is 1. The van der Waals surface area contributed by atoms with Gasteiger partial charge in [-0.1, -0.05) is 13.8 Å². The molecule has 0 aromatic carbocycles. The molecule has 2 N–H and O–H groups in total. The highest BCUT2D eigenvalue weighted by atomic mass is 16.1. The van der Waals surface area contributed by atoms with E-state index in [-0.39, 0.29) is 5.69 Å². The Kier molecular flexibility index (Phi) is 4.21. The Balaban J connectivity index is 2.31. The van der Waals surface area contributed by atoms with Crippen LogP contribution in [0.25, 0.3) is 11.2 Å². The Morgan fingerprint density at radius 3 is 2.74 bits per heavy atom. The first-order valence-corrected chi connectivity index (χ1v) is 6.69. The molecule has 2 heterocycles. The van der Waals surface area contributed by atoms with Gasteiger partial charge in [0, 0.05) is 20.1 Å². The largest absolute Gasteiger partial charge is 0.373 e. The first kappa shape index (κ1) is 13.6. The zero-order valence-corrected chi connectivity index (χ0v) is 11.7. The van der Waals surface area contributed by atoms with Crippen LogP contribution < -0.4 is 11.0 Å². The summed E-state index contributed by atoms with van der Waals surface area (Å²) in [6, 6.07) is 3.73. The molecule has 0 aliphatic carbocycles. The Morgan fingerprint density at radius 2 is 2.11 bits per heavy atom. The third-order valence-electron chi connectivity index (χ3n) is 3.41. The van der Waals surface area contributed by atoms with Crippen molar-refractivity contribution in [3.05, 3.63) is 22.6 Å². The molecule has 0 aliphatic rings. The summed E-state index contributed by atoms with van der Waals surface area (Å²) in [5, 5.41) is 2.99. The van der Waals surface area contributed by atoms with Crippen molar-refractivity contribution in [3.63, 3.8) is 0 Å². The lowest BCUT2D eigenvalue weighted by Gasteiger charge is -2.17. The van der Waals surface area contributed by atoms with Crippen molar-refractivity contribution >= 4 is 17.0 Å². The standard InChI is InChI=1S/C13H21N5O/c1-4-17(5-2)8-9-18-12-10(15-13(18)19)6-7-11(14-3)16-12/h6-7H,4-5,8-9H2,1-3H3,(H,14,16)(H,15,19). The van der Waals surface area contributed by atoms with E-state index in [1.165, 1.54) is 0 Å². The number of aromatic nitrogens is 3. The van der Waals surface area contributed by atoms with Gasteiger partial charge in [-0.15, -0.1) is 0 Å². The van der Waals surface area contributed by atoms with Crippen LogP contribution in [0, 0.1) is 0 Å². The molecule has 0 spiro atoms. The van der Waals surface area contributed by atoms with Gasteiger partial charge in [0.05, 0.1) is 5.52 Å². The van der Waals surface area contributed by atoms with Crippen LogP contribution in [0.5, 0.6) is 0 Å². The van der Waals surface area contributed by atoms with Gasteiger partial charge < -0.3 is 15.2 Å². The Bertz CT molecular complexity index is 597. The summed E-state index contributed by atoms with van der Waals surface area (Å²) in [6.07, 6.45) is 0. The van der Waals surface area contributed by atoms with Crippen molar-refractivity contribution in [2.45, 2.75) is 20.4 Å². The van der Waals surface area contributed by atoms with Crippen LogP contribution in [-0.4, -0.2) is 46.1 Å². The highest BCUT2D eigenvalue weighted by Crippen LogP contribution is 2.11. The van der Waals surface area contributed by atoms with E-state index >= 15 is 0 Å². The van der Waals surface area contributed by atoms with Gasteiger partial charge in [0.25, 0.3) is 0 Å². The Morgan fingerprint density at radius 1 is 1.37 bits per heavy atom. The van der Waals surface area contributed by atoms with Gasteiger partial charge in [-0.25, -0.2) is 9.78 Å². The summed E-state index contributed by atoms with van der Waals surface area (Å²) in [5.74, 6) is 0.767. The number of fused-ring (bicyclic) bond motifs is 1. The molecule has 0 aliphatic heterocycles. The molecular weight excluding hydrogens is 242 g/mol. The van der Waals surface area contributed by atoms with Gasteiger partial charge in [0.15, 0.2) is 5.65 Å². The van der Waals surface area contributed by atoms with E-state index in [0.29, 0.717) is 12.2 Å². The third kappa shape index (κ3) is 2.78. The second kappa shape index (κ2) is 5.88. The zero-order valence-electron chi connectivity index (χ0n) is 11.7. The molecular formula is C13H21N5O. The maximum atomic E-state index is 12.0. The molecule has 0 fully saturated rings. The number of nitrogens with one attached hydrogen (secondary N) is 2. The van der Waals surface area contributed by atoms with Gasteiger partial charge in [-0.05, 0) is 25.2 Å². The Hall–Kier alpha value is -1.82. The topological polar surface area (TPSA) is 66.0 Å². The van der Waals surface area contributed by atoms with E-state index in [2.05, 4.69) is 34.0 Å². The van der Waals surface area contributed by atoms with E-state index < -0.39 is 0 Å². The average Bonchev–Trinajstić information content (AvgIpc) is 2.75. The first-order valence-electron chi connectivity index (χ1n) is 6.69. The highest BCUT2D eigenvalue weighted by Gasteiger charge is 2.09. The maximum Gasteiger partial charge on any atom is 0.327 e. The van der Waals surface area contributed by atoms with Crippen LogP contribution >= 0.6 is 0 Å². The summed E-state index contributed by atoms with van der Waals surface area (Å²) in [4.78, 5) is 21.5. The predicted octanol–water partition coefficient (Wildman–Crippen LogP) is 1.11. The molecule has 0 radical (unpaired) electrons. The second-order valence-electron chi connectivity index (χ2n) is 4.43. The molecule has 0 saturated carbocycles. The maximum absolute atomic E-state index is 12.0. The van der Waals surface area contributed by atoms with Crippen molar-refractivity contribution in [2.24, 2.45) is 0 Å².